The van der Waals surface area contributed by atoms with Gasteiger partial charge >= 0.3 is 0 Å². The number of nitrogens with one attached hydrogen (secondary N) is 1. The lowest BCUT2D eigenvalue weighted by Gasteiger charge is -2.25. The Morgan fingerprint density at radius 2 is 1.76 bits per heavy atom. The van der Waals surface area contributed by atoms with Crippen LogP contribution in [0.3, 0.4) is 0 Å². The predicted octanol–water partition coefficient (Wildman–Crippen LogP) is 2.55. The van der Waals surface area contributed by atoms with Gasteiger partial charge in [-0.15, -0.1) is 0 Å². The summed E-state index contributed by atoms with van der Waals surface area (Å²) < 4.78 is 27.0. The highest BCUT2D eigenvalue weighted by Gasteiger charge is 2.27. The molecule has 7 heteroatoms. The Morgan fingerprint density at radius 1 is 1.07 bits per heavy atom. The molecule has 3 rings (SSSR count). The average molecular weight is 416 g/mol. The van der Waals surface area contributed by atoms with Gasteiger partial charge in [0.15, 0.2) is 5.78 Å². The number of benzene rings is 2. The van der Waals surface area contributed by atoms with E-state index in [1.165, 1.54) is 15.9 Å². The Morgan fingerprint density at radius 3 is 2.41 bits per heavy atom. The van der Waals surface area contributed by atoms with Crippen molar-refractivity contribution in [1.82, 2.24) is 14.5 Å². The van der Waals surface area contributed by atoms with Crippen LogP contribution in [0.4, 0.5) is 0 Å². The van der Waals surface area contributed by atoms with Crippen LogP contribution in [0.1, 0.15) is 34.8 Å². The third kappa shape index (κ3) is 5.30. The molecular formula is C22H29N3O3S. The van der Waals surface area contributed by atoms with Crippen LogP contribution in [-0.4, -0.2) is 63.7 Å². The number of Topliss-reactive ketones (excluding diaryl/α,β-unsaturated/α-hetero) is 1. The quantitative estimate of drug-likeness (QED) is 0.638. The van der Waals surface area contributed by atoms with Gasteiger partial charge in [-0.25, -0.2) is 8.42 Å². The van der Waals surface area contributed by atoms with Crippen molar-refractivity contribution in [2.45, 2.75) is 23.8 Å². The molecule has 1 saturated heterocycles. The fraction of sp³-hybridized carbons (Fsp3) is 0.409. The van der Waals surface area contributed by atoms with Crippen LogP contribution in [0, 0.1) is 0 Å². The summed E-state index contributed by atoms with van der Waals surface area (Å²) >= 11 is 0. The normalized spacial score (nSPS) is 16.2. The van der Waals surface area contributed by atoms with Crippen LogP contribution in [0.2, 0.25) is 0 Å². The highest BCUT2D eigenvalue weighted by atomic mass is 32.2. The molecule has 29 heavy (non-hydrogen) atoms. The van der Waals surface area contributed by atoms with Crippen LogP contribution >= 0.6 is 0 Å². The first-order valence-electron chi connectivity index (χ1n) is 9.95. The van der Waals surface area contributed by atoms with Crippen molar-refractivity contribution in [2.75, 3.05) is 40.3 Å². The maximum absolute atomic E-state index is 12.7. The molecule has 156 valence electrons. The van der Waals surface area contributed by atoms with E-state index < -0.39 is 10.0 Å². The smallest absolute Gasteiger partial charge is 0.243 e. The second-order valence-electron chi connectivity index (χ2n) is 7.58. The molecule has 2 aromatic carbocycles. The Hall–Kier alpha value is -2.06. The Balaban J connectivity index is 1.64. The Kier molecular flexibility index (Phi) is 7.18. The van der Waals surface area contributed by atoms with Gasteiger partial charge in [-0.05, 0) is 44.6 Å². The van der Waals surface area contributed by atoms with E-state index >= 15 is 0 Å². The van der Waals surface area contributed by atoms with Gasteiger partial charge in [0.2, 0.25) is 10.0 Å². The molecule has 0 bridgehead atoms. The number of hydrogen-bond acceptors (Lipinski definition) is 5. The topological polar surface area (TPSA) is 69.7 Å². The third-order valence-electron chi connectivity index (χ3n) is 5.29. The van der Waals surface area contributed by atoms with Gasteiger partial charge in [-0.1, -0.05) is 42.5 Å². The predicted molar refractivity (Wildman–Crippen MR) is 115 cm³/mol. The molecule has 1 atom stereocenters. The minimum absolute atomic E-state index is 0.117. The first kappa shape index (κ1) is 21.6. The van der Waals surface area contributed by atoms with Gasteiger partial charge in [0.1, 0.15) is 0 Å². The zero-order valence-electron chi connectivity index (χ0n) is 17.0. The molecule has 1 heterocycles. The van der Waals surface area contributed by atoms with Gasteiger partial charge in [0.25, 0.3) is 0 Å². The average Bonchev–Trinajstić information content (AvgIpc) is 3.27. The highest BCUT2D eigenvalue weighted by Crippen LogP contribution is 2.22. The van der Waals surface area contributed by atoms with E-state index in [0.29, 0.717) is 25.2 Å². The van der Waals surface area contributed by atoms with E-state index in [1.54, 1.807) is 18.2 Å². The highest BCUT2D eigenvalue weighted by molar-refractivity contribution is 7.89. The number of likely N-dealkylation sites (N-methyl/N-ethyl adjacent to an activating group) is 1. The van der Waals surface area contributed by atoms with Crippen molar-refractivity contribution in [2.24, 2.45) is 0 Å². The number of ketones is 1. The number of sulfonamides is 1. The molecule has 0 saturated carbocycles. The molecule has 1 aliphatic heterocycles. The molecule has 0 amide bonds. The Bertz CT molecular complexity index is 923. The van der Waals surface area contributed by atoms with E-state index in [2.05, 4.69) is 22.3 Å². The zero-order valence-corrected chi connectivity index (χ0v) is 17.9. The van der Waals surface area contributed by atoms with Crippen molar-refractivity contribution in [1.29, 1.82) is 0 Å². The summed E-state index contributed by atoms with van der Waals surface area (Å²) in [5.41, 5.74) is 1.59. The van der Waals surface area contributed by atoms with Crippen LogP contribution in [0.15, 0.2) is 59.5 Å². The lowest BCUT2D eigenvalue weighted by atomic mass is 10.1. The SMILES string of the molecule is CN(C)C(CNCC(=O)c1cccc(S(=O)(=O)N2CCCC2)c1)c1ccccc1. The number of carbonyl (C=O) groups excluding carboxylic acids is 1. The summed E-state index contributed by atoms with van der Waals surface area (Å²) in [7, 11) is 0.494. The molecule has 6 nitrogen and oxygen atoms in total. The molecular weight excluding hydrogens is 386 g/mol. The van der Waals surface area contributed by atoms with E-state index in [4.69, 9.17) is 0 Å². The van der Waals surface area contributed by atoms with E-state index in [1.807, 2.05) is 32.3 Å². The largest absolute Gasteiger partial charge is 0.308 e. The van der Waals surface area contributed by atoms with Gasteiger partial charge in [-0.3, -0.25) is 4.79 Å². The first-order chi connectivity index (χ1) is 13.9. The standard InChI is InChI=1S/C22H29N3O3S/c1-24(2)21(18-9-4-3-5-10-18)16-23-17-22(26)19-11-8-12-20(15-19)29(27,28)25-13-6-7-14-25/h3-5,8-12,15,21,23H,6-7,13-14,16-17H2,1-2H3. The minimum atomic E-state index is -3.52. The number of carbonyl (C=O) groups is 1. The summed E-state index contributed by atoms with van der Waals surface area (Å²) in [5.74, 6) is -0.117. The summed E-state index contributed by atoms with van der Waals surface area (Å²) in [6.07, 6.45) is 1.77. The van der Waals surface area contributed by atoms with Crippen molar-refractivity contribution in [3.05, 3.63) is 65.7 Å². The maximum atomic E-state index is 12.7. The first-order valence-corrected chi connectivity index (χ1v) is 11.4. The maximum Gasteiger partial charge on any atom is 0.243 e. The zero-order chi connectivity index (χ0) is 20.9. The van der Waals surface area contributed by atoms with Gasteiger partial charge < -0.3 is 10.2 Å². The summed E-state index contributed by atoms with van der Waals surface area (Å²) in [6.45, 7) is 1.87. The van der Waals surface area contributed by atoms with Crippen LogP contribution in [0.25, 0.3) is 0 Å². The fourth-order valence-electron chi connectivity index (χ4n) is 3.61. The second kappa shape index (κ2) is 9.63. The number of hydrogen-bond donors (Lipinski definition) is 1. The van der Waals surface area contributed by atoms with Crippen LogP contribution < -0.4 is 5.32 Å². The molecule has 2 aromatic rings. The van der Waals surface area contributed by atoms with E-state index in [-0.39, 0.29) is 23.3 Å². The molecule has 1 unspecified atom stereocenters. The van der Waals surface area contributed by atoms with Gasteiger partial charge in [0, 0.05) is 31.2 Å². The van der Waals surface area contributed by atoms with Crippen LogP contribution in [-0.2, 0) is 10.0 Å². The van der Waals surface area contributed by atoms with E-state index in [0.717, 1.165) is 12.8 Å². The molecule has 0 spiro atoms. The second-order valence-corrected chi connectivity index (χ2v) is 9.52. The molecule has 1 fully saturated rings. The Labute approximate surface area is 173 Å². The van der Waals surface area contributed by atoms with Crippen molar-refractivity contribution in [3.8, 4) is 0 Å². The monoisotopic (exact) mass is 415 g/mol. The lowest BCUT2D eigenvalue weighted by molar-refractivity contribution is 0.0988. The summed E-state index contributed by atoms with van der Waals surface area (Å²) in [4.78, 5) is 15.0. The molecule has 0 aromatic heterocycles. The van der Waals surface area contributed by atoms with Gasteiger partial charge in [0.05, 0.1) is 11.4 Å². The molecule has 1 N–H and O–H groups in total. The molecule has 1 aliphatic rings. The molecule has 0 aliphatic carbocycles. The van der Waals surface area contributed by atoms with Crippen molar-refractivity contribution < 1.29 is 13.2 Å². The lowest BCUT2D eigenvalue weighted by Crippen LogP contribution is -2.34. The number of nitrogens with zero attached hydrogens (tertiary/aromatic N) is 2. The minimum Gasteiger partial charge on any atom is -0.308 e. The summed E-state index contributed by atoms with van der Waals surface area (Å²) in [5, 5.41) is 3.23. The van der Waals surface area contributed by atoms with Crippen LogP contribution in [0.5, 0.6) is 0 Å². The fourth-order valence-corrected chi connectivity index (χ4v) is 5.17. The van der Waals surface area contributed by atoms with Crippen molar-refractivity contribution >= 4 is 15.8 Å². The molecule has 0 radical (unpaired) electrons. The number of rotatable bonds is 9. The van der Waals surface area contributed by atoms with Crippen molar-refractivity contribution in [3.63, 3.8) is 0 Å². The summed E-state index contributed by atoms with van der Waals surface area (Å²) in [6, 6.07) is 16.7. The van der Waals surface area contributed by atoms with Gasteiger partial charge in [-0.2, -0.15) is 4.31 Å². The third-order valence-corrected chi connectivity index (χ3v) is 7.18. The van der Waals surface area contributed by atoms with E-state index in [9.17, 15) is 13.2 Å².